The minimum atomic E-state index is -0.214. The Balaban J connectivity index is 0.846. The number of aromatic nitrogens is 7. The van der Waals surface area contributed by atoms with Crippen LogP contribution in [-0.4, -0.2) is 93.0 Å². The van der Waals surface area contributed by atoms with Gasteiger partial charge in [-0.15, -0.1) is 22.7 Å². The highest BCUT2D eigenvalue weighted by Gasteiger charge is 2.32. The number of likely N-dealkylation sites (tertiary alicyclic amines) is 2. The molecular weight excluding hydrogens is 787 g/mol. The highest BCUT2D eigenvalue weighted by atomic mass is 32.1. The molecule has 0 radical (unpaired) electrons. The molecule has 59 heavy (non-hydrogen) atoms. The van der Waals surface area contributed by atoms with Crippen LogP contribution in [0.15, 0.2) is 102 Å². The van der Waals surface area contributed by atoms with E-state index >= 15 is 0 Å². The van der Waals surface area contributed by atoms with E-state index in [-0.39, 0.29) is 52.8 Å². The van der Waals surface area contributed by atoms with E-state index in [1.54, 1.807) is 52.3 Å². The molecule has 3 N–H and O–H groups in total. The fraction of sp³-hybridized carbons (Fsp3) is 0.186. The van der Waals surface area contributed by atoms with Crippen molar-refractivity contribution >= 4 is 54.9 Å². The number of thiophene rings is 2. The third-order valence-corrected chi connectivity index (χ3v) is 13.0. The average Bonchev–Trinajstić information content (AvgIpc) is 4.11. The van der Waals surface area contributed by atoms with Gasteiger partial charge in [-0.25, -0.2) is 9.97 Å². The first kappa shape index (κ1) is 36.4. The summed E-state index contributed by atoms with van der Waals surface area (Å²) in [6.45, 7) is 2.21. The van der Waals surface area contributed by atoms with Crippen molar-refractivity contribution in [3.63, 3.8) is 0 Å². The zero-order valence-corrected chi connectivity index (χ0v) is 32.8. The van der Waals surface area contributed by atoms with Gasteiger partial charge in [0.05, 0.1) is 11.1 Å². The van der Waals surface area contributed by atoms with E-state index in [2.05, 4.69) is 24.9 Å². The number of pyridine rings is 3. The summed E-state index contributed by atoms with van der Waals surface area (Å²) in [5, 5.41) is 35.0. The van der Waals surface area contributed by atoms with E-state index in [0.29, 0.717) is 69.1 Å². The summed E-state index contributed by atoms with van der Waals surface area (Å²) in [6.07, 6.45) is 8.78. The van der Waals surface area contributed by atoms with Crippen molar-refractivity contribution < 1.29 is 29.5 Å². The summed E-state index contributed by atoms with van der Waals surface area (Å²) in [6, 6.07) is 20.3. The smallest absolute Gasteiger partial charge is 0.256 e. The van der Waals surface area contributed by atoms with Gasteiger partial charge in [0.2, 0.25) is 17.4 Å². The number of phenols is 1. The first-order valence-electron chi connectivity index (χ1n) is 19.0. The van der Waals surface area contributed by atoms with Gasteiger partial charge in [-0.3, -0.25) is 19.6 Å². The Morgan fingerprint density at radius 1 is 0.644 bits per heavy atom. The fourth-order valence-electron chi connectivity index (χ4n) is 7.97. The summed E-state index contributed by atoms with van der Waals surface area (Å²) in [4.78, 5) is 58.0. The van der Waals surface area contributed by atoms with Crippen LogP contribution in [0.25, 0.3) is 49.2 Å². The lowest BCUT2D eigenvalue weighted by atomic mass is 9.98. The SMILES string of the molecule is O=C(c1csc2c(O)nc(-c3ccccn3)nc12)N1CCC(c2cc[n+](-c3ccnc(-c4nc(O)c5scc(C(=O)N6CCC(c7cccc(O)c7)C6)c5n4)c3)cc2)C1. The van der Waals surface area contributed by atoms with Crippen LogP contribution in [0.3, 0.4) is 0 Å². The second kappa shape index (κ2) is 14.8. The summed E-state index contributed by atoms with van der Waals surface area (Å²) in [5.74, 6) is 0.211. The third kappa shape index (κ3) is 6.75. The first-order valence-corrected chi connectivity index (χ1v) is 20.8. The molecule has 2 aliphatic rings. The van der Waals surface area contributed by atoms with Gasteiger partial charge in [-0.2, -0.15) is 14.5 Å². The number of nitrogens with zero attached hydrogens (tertiary/aromatic N) is 9. The lowest BCUT2D eigenvalue weighted by Crippen LogP contribution is -2.30. The van der Waals surface area contributed by atoms with Crippen LogP contribution in [0.5, 0.6) is 17.5 Å². The molecule has 10 rings (SSSR count). The molecule has 16 heteroatoms. The molecule has 2 aliphatic heterocycles. The molecule has 2 atom stereocenters. The van der Waals surface area contributed by atoms with E-state index in [1.165, 1.54) is 22.7 Å². The molecule has 9 heterocycles. The van der Waals surface area contributed by atoms with E-state index in [1.807, 2.05) is 64.3 Å². The van der Waals surface area contributed by atoms with Crippen molar-refractivity contribution in [2.24, 2.45) is 0 Å². The summed E-state index contributed by atoms with van der Waals surface area (Å²) in [7, 11) is 0. The molecular formula is C43H34N9O5S2+. The quantitative estimate of drug-likeness (QED) is 0.150. The molecule has 14 nitrogen and oxygen atoms in total. The molecule has 292 valence electrons. The van der Waals surface area contributed by atoms with Crippen LogP contribution in [0.1, 0.15) is 56.5 Å². The molecule has 8 aromatic rings. The summed E-state index contributed by atoms with van der Waals surface area (Å²) in [5.41, 5.74) is 5.46. The molecule has 0 bridgehead atoms. The maximum Gasteiger partial charge on any atom is 0.256 e. The molecule has 2 unspecified atom stereocenters. The van der Waals surface area contributed by atoms with Gasteiger partial charge >= 0.3 is 0 Å². The lowest BCUT2D eigenvalue weighted by Gasteiger charge is -2.16. The van der Waals surface area contributed by atoms with E-state index in [9.17, 15) is 24.9 Å². The molecule has 1 aromatic carbocycles. The molecule has 7 aromatic heterocycles. The van der Waals surface area contributed by atoms with Gasteiger partial charge in [0.25, 0.3) is 11.8 Å². The molecule has 0 saturated carbocycles. The largest absolute Gasteiger partial charge is 0.508 e. The van der Waals surface area contributed by atoms with Crippen molar-refractivity contribution in [2.45, 2.75) is 24.7 Å². The number of carbonyl (C=O) groups excluding carboxylic acids is 2. The average molecular weight is 821 g/mol. The van der Waals surface area contributed by atoms with E-state index in [0.717, 1.165) is 29.7 Å². The van der Waals surface area contributed by atoms with Crippen LogP contribution in [0.4, 0.5) is 0 Å². The van der Waals surface area contributed by atoms with Gasteiger partial charge in [-0.05, 0) is 48.2 Å². The molecule has 0 spiro atoms. The lowest BCUT2D eigenvalue weighted by molar-refractivity contribution is -0.595. The van der Waals surface area contributed by atoms with Gasteiger partial charge in [0, 0.05) is 85.4 Å². The Bertz CT molecular complexity index is 2920. The van der Waals surface area contributed by atoms with Gasteiger partial charge in [-0.1, -0.05) is 18.2 Å². The Labute approximate surface area is 344 Å². The standard InChI is InChI=1S/C43H33N9O5S2/c53-29-5-3-4-25(18-29)27-11-17-52(21-27)43(57)31-23-59-37-35(31)47-39(49-41(37)55)33-19-28(7-13-45-33)50-14-8-24(9-15-50)26-10-16-51(20-26)42(56)30-22-58-36-34(30)46-38(48-40(36)54)32-6-1-2-12-44-32/h1-9,12-15,18-19,22-23,26-27H,10-11,16-17,20-21H2,(H2-,46,47,48,49,53,54,55)/p+1. The van der Waals surface area contributed by atoms with Crippen LogP contribution >= 0.6 is 22.7 Å². The number of hydrogen-bond acceptors (Lipinski definition) is 13. The Kier molecular flexibility index (Phi) is 9.13. The van der Waals surface area contributed by atoms with Gasteiger partial charge in [0.15, 0.2) is 24.0 Å². The van der Waals surface area contributed by atoms with Crippen molar-refractivity contribution in [2.75, 3.05) is 26.2 Å². The van der Waals surface area contributed by atoms with Crippen LogP contribution < -0.4 is 4.57 Å². The van der Waals surface area contributed by atoms with E-state index < -0.39 is 0 Å². The van der Waals surface area contributed by atoms with Crippen molar-refractivity contribution in [1.29, 1.82) is 0 Å². The second-order valence-electron chi connectivity index (χ2n) is 14.6. The highest BCUT2D eigenvalue weighted by Crippen LogP contribution is 2.37. The number of phenolic OH excluding ortho intramolecular Hbond substituents is 1. The van der Waals surface area contributed by atoms with Crippen LogP contribution in [0, 0.1) is 0 Å². The zero-order valence-electron chi connectivity index (χ0n) is 31.2. The molecule has 2 fully saturated rings. The Morgan fingerprint density at radius 3 is 1.86 bits per heavy atom. The maximum atomic E-state index is 13.8. The van der Waals surface area contributed by atoms with E-state index in [4.69, 9.17) is 4.98 Å². The molecule has 2 saturated heterocycles. The monoisotopic (exact) mass is 820 g/mol. The number of carbonyl (C=O) groups is 2. The third-order valence-electron chi connectivity index (χ3n) is 11.0. The van der Waals surface area contributed by atoms with Crippen molar-refractivity contribution in [3.05, 3.63) is 125 Å². The number of benzene rings is 1. The highest BCUT2D eigenvalue weighted by molar-refractivity contribution is 7.18. The van der Waals surface area contributed by atoms with Gasteiger partial charge < -0.3 is 25.1 Å². The minimum Gasteiger partial charge on any atom is -0.508 e. The molecule has 0 aliphatic carbocycles. The predicted molar refractivity (Wildman–Crippen MR) is 221 cm³/mol. The minimum absolute atomic E-state index is 0.114. The van der Waals surface area contributed by atoms with Crippen LogP contribution in [-0.2, 0) is 0 Å². The number of hydrogen-bond donors (Lipinski definition) is 3. The fourth-order valence-corrected chi connectivity index (χ4v) is 9.70. The second-order valence-corrected chi connectivity index (χ2v) is 16.4. The molecule has 2 amide bonds. The summed E-state index contributed by atoms with van der Waals surface area (Å²) >= 11 is 2.47. The topological polar surface area (TPSA) is 183 Å². The zero-order chi connectivity index (χ0) is 40.2. The van der Waals surface area contributed by atoms with Crippen LogP contribution in [0.2, 0.25) is 0 Å². The van der Waals surface area contributed by atoms with Crippen molar-refractivity contribution in [1.82, 2.24) is 39.7 Å². The maximum absolute atomic E-state index is 13.8. The number of amides is 2. The predicted octanol–water partition coefficient (Wildman–Crippen LogP) is 6.47. The number of fused-ring (bicyclic) bond motifs is 2. The van der Waals surface area contributed by atoms with Crippen molar-refractivity contribution in [3.8, 4) is 46.2 Å². The number of aromatic hydroxyl groups is 3. The van der Waals surface area contributed by atoms with Gasteiger partial charge in [0.1, 0.15) is 37.6 Å². The Hall–Kier alpha value is -6.91. The normalized spacial score (nSPS) is 16.7. The first-order chi connectivity index (χ1) is 28.8. The summed E-state index contributed by atoms with van der Waals surface area (Å²) < 4.78 is 2.84. The number of rotatable bonds is 7. The Morgan fingerprint density at radius 2 is 1.25 bits per heavy atom.